The summed E-state index contributed by atoms with van der Waals surface area (Å²) in [6.07, 6.45) is -3.13. The molecule has 4 aromatic rings. The molecule has 3 saturated heterocycles. The Morgan fingerprint density at radius 1 is 0.479 bits per heavy atom. The van der Waals surface area contributed by atoms with Gasteiger partial charge in [0.15, 0.2) is 0 Å². The standard InChI is InChI=1S/C31H47BN2O7S.C25H35BrN2O5S.C12H24B2O4.C2H6/c1-22(2)20-34(21-27(35)26(19-23-13-11-10-12-14-23)33-28(36)39-29(3,4)5)42(37,38)25-17-15-24(16-18-25)32-40-30(6,7)31(8,9)41-32;1-18(2)16-28(34(31,32)21-13-11-20(26)12-14-21)17-23(29)22(15-19-9-7-6-8-10-19)27-24(30)33-25(3,4)5;1-9(2)10(3,4)16-13(15-9)14-17-11(5,6)12(7,8)18-14;1-2/h10-18,22,26-27,35H,19-21H2,1-9H3,(H,33,36);6-14,18,22-23,29H,15-17H2,1-5H3,(H,27,30);1-8H3;1-2H3/t26-,27+;22-,23+;;/m00../s1. The van der Waals surface area contributed by atoms with Crippen LogP contribution >= 0.6 is 15.9 Å². The molecule has 96 heavy (non-hydrogen) atoms. The molecule has 0 unspecified atom stereocenters. The van der Waals surface area contributed by atoms with Crippen molar-refractivity contribution >= 4 is 74.8 Å². The molecule has 3 aliphatic heterocycles. The number of aliphatic hydroxyl groups is 2. The second kappa shape index (κ2) is 33.8. The van der Waals surface area contributed by atoms with Crippen molar-refractivity contribution in [2.24, 2.45) is 11.8 Å². The molecular formula is C70H112B3BrN4O16S2. The van der Waals surface area contributed by atoms with E-state index in [0.29, 0.717) is 18.3 Å². The summed E-state index contributed by atoms with van der Waals surface area (Å²) in [5.41, 5.74) is -1.42. The van der Waals surface area contributed by atoms with Gasteiger partial charge in [-0.1, -0.05) is 130 Å². The third kappa shape index (κ3) is 24.2. The van der Waals surface area contributed by atoms with Gasteiger partial charge in [-0.15, -0.1) is 0 Å². The predicted molar refractivity (Wildman–Crippen MR) is 386 cm³/mol. The van der Waals surface area contributed by atoms with Crippen LogP contribution in [0, 0.1) is 11.8 Å². The number of hydrogen-bond donors (Lipinski definition) is 4. The predicted octanol–water partition coefficient (Wildman–Crippen LogP) is 12.0. The number of ether oxygens (including phenoxy) is 2. The van der Waals surface area contributed by atoms with E-state index in [2.05, 4.69) is 26.6 Å². The van der Waals surface area contributed by atoms with Crippen molar-refractivity contribution in [1.82, 2.24) is 19.2 Å². The van der Waals surface area contributed by atoms with Gasteiger partial charge >= 0.3 is 33.3 Å². The van der Waals surface area contributed by atoms with Crippen LogP contribution in [0.2, 0.25) is 0 Å². The second-order valence-electron chi connectivity index (χ2n) is 30.3. The van der Waals surface area contributed by atoms with Gasteiger partial charge < -0.3 is 58.2 Å². The first-order valence-electron chi connectivity index (χ1n) is 33.3. The minimum atomic E-state index is -3.99. The number of halogens is 1. The maximum atomic E-state index is 13.9. The Morgan fingerprint density at radius 2 is 0.760 bits per heavy atom. The third-order valence-corrected chi connectivity index (χ3v) is 21.3. The quantitative estimate of drug-likeness (QED) is 0.0534. The minimum absolute atomic E-state index is 0.0117. The Labute approximate surface area is 585 Å². The van der Waals surface area contributed by atoms with E-state index in [-0.39, 0.29) is 70.2 Å². The van der Waals surface area contributed by atoms with E-state index in [1.165, 1.54) is 32.9 Å². The van der Waals surface area contributed by atoms with Gasteiger partial charge in [0.1, 0.15) is 11.2 Å². The maximum Gasteiger partial charge on any atom is 0.494 e. The summed E-state index contributed by atoms with van der Waals surface area (Å²) in [6, 6.07) is 30.1. The normalized spacial score (nSPS) is 19.1. The molecule has 536 valence electrons. The SMILES string of the molecule is CC.CC(C)CN(C[C@@H](O)[C@H](Cc1ccccc1)NC(=O)OC(C)(C)C)S(=O)(=O)c1ccc(B2OC(C)(C)C(C)(C)O2)cc1.CC(C)CN(C[C@@H](O)[C@H](Cc1ccccc1)NC(=O)OC(C)(C)C)S(=O)(=O)c1ccc(Br)cc1.CC1(C)OB(B2OC(C)(C)C(C)(C)O2)OC1(C)C. The Bertz CT molecular complexity index is 3240. The minimum Gasteiger partial charge on any atom is -0.444 e. The van der Waals surface area contributed by atoms with E-state index in [1.54, 1.807) is 65.8 Å². The molecule has 26 heteroatoms. The molecule has 0 aliphatic carbocycles. The van der Waals surface area contributed by atoms with Gasteiger partial charge in [-0.3, -0.25) is 0 Å². The van der Waals surface area contributed by atoms with E-state index in [4.69, 9.17) is 37.4 Å². The lowest BCUT2D eigenvalue weighted by Gasteiger charge is -2.32. The van der Waals surface area contributed by atoms with Crippen molar-refractivity contribution in [3.8, 4) is 0 Å². The summed E-state index contributed by atoms with van der Waals surface area (Å²) in [7, 11) is -9.42. The largest absolute Gasteiger partial charge is 0.494 e. The number of sulfonamides is 2. The third-order valence-electron chi connectivity index (χ3n) is 17.1. The highest BCUT2D eigenvalue weighted by Crippen LogP contribution is 2.43. The number of nitrogens with zero attached hydrogens (tertiary/aromatic N) is 2. The fraction of sp³-hybridized carbons (Fsp3) is 0.629. The first-order valence-corrected chi connectivity index (χ1v) is 37.0. The number of carbonyl (C=O) groups excluding carboxylic acids is 2. The smallest absolute Gasteiger partial charge is 0.444 e. The van der Waals surface area contributed by atoms with E-state index in [0.717, 1.165) is 15.6 Å². The zero-order chi connectivity index (χ0) is 73.0. The molecule has 7 rings (SSSR count). The summed E-state index contributed by atoms with van der Waals surface area (Å²) in [5.74, 6) is 0.0196. The number of hydrogen-bond acceptors (Lipinski definition) is 16. The molecule has 20 nitrogen and oxygen atoms in total. The molecule has 0 bridgehead atoms. The molecule has 0 aromatic heterocycles. The molecule has 3 aliphatic rings. The van der Waals surface area contributed by atoms with E-state index in [9.17, 15) is 36.6 Å². The molecule has 0 radical (unpaired) electrons. The van der Waals surface area contributed by atoms with Crippen molar-refractivity contribution in [1.29, 1.82) is 0 Å². The summed E-state index contributed by atoms with van der Waals surface area (Å²) in [6.45, 7) is 46.2. The van der Waals surface area contributed by atoms with Crippen LogP contribution in [0.15, 0.2) is 123 Å². The summed E-state index contributed by atoms with van der Waals surface area (Å²) < 4.78 is 105. The van der Waals surface area contributed by atoms with Crippen LogP contribution in [0.4, 0.5) is 9.59 Å². The topological polar surface area (TPSA) is 247 Å². The summed E-state index contributed by atoms with van der Waals surface area (Å²) in [4.78, 5) is 25.4. The highest BCUT2D eigenvalue weighted by molar-refractivity contribution is 9.10. The monoisotopic (exact) mass is 1440 g/mol. The first kappa shape index (κ1) is 84.0. The lowest BCUT2D eigenvalue weighted by molar-refractivity contribution is 0.00578. The summed E-state index contributed by atoms with van der Waals surface area (Å²) >= 11 is 3.32. The van der Waals surface area contributed by atoms with E-state index >= 15 is 0 Å². The van der Waals surface area contributed by atoms with E-state index in [1.807, 2.05) is 185 Å². The molecule has 3 heterocycles. The molecule has 2 amide bonds. The number of nitrogens with one attached hydrogen (secondary N) is 2. The lowest BCUT2D eigenvalue weighted by atomic mass is 9.49. The number of amides is 2. The first-order chi connectivity index (χ1) is 44.0. The van der Waals surface area contributed by atoms with Crippen LogP contribution < -0.4 is 16.1 Å². The number of rotatable bonds is 22. The van der Waals surface area contributed by atoms with Crippen molar-refractivity contribution in [2.45, 2.75) is 258 Å². The second-order valence-corrected chi connectivity index (χ2v) is 35.1. The van der Waals surface area contributed by atoms with Crippen LogP contribution in [0.1, 0.15) is 177 Å². The van der Waals surface area contributed by atoms with Crippen LogP contribution in [0.25, 0.3) is 0 Å². The molecule has 4 atom stereocenters. The van der Waals surface area contributed by atoms with Crippen molar-refractivity contribution in [3.63, 3.8) is 0 Å². The molecule has 4 aromatic carbocycles. The Balaban J connectivity index is 0.000000323. The zero-order valence-electron chi connectivity index (χ0n) is 61.5. The maximum absolute atomic E-state index is 13.9. The van der Waals surface area contributed by atoms with Crippen LogP contribution in [0.3, 0.4) is 0 Å². The average molecular weight is 1440 g/mol. The Morgan fingerprint density at radius 3 is 1.04 bits per heavy atom. The molecular weight excluding hydrogens is 1330 g/mol. The van der Waals surface area contributed by atoms with Crippen molar-refractivity contribution in [3.05, 3.63) is 125 Å². The van der Waals surface area contributed by atoms with Gasteiger partial charge in [-0.25, -0.2) is 26.4 Å². The fourth-order valence-corrected chi connectivity index (χ4v) is 13.4. The number of alkyl carbamates (subject to hydrolysis) is 2. The van der Waals surface area contributed by atoms with Gasteiger partial charge in [0, 0.05) is 30.7 Å². The number of benzene rings is 4. The number of aliphatic hydroxyl groups excluding tert-OH is 2. The van der Waals surface area contributed by atoms with Crippen LogP contribution in [0.5, 0.6) is 0 Å². The molecule has 0 saturated carbocycles. The number of carbonyl (C=O) groups is 2. The van der Waals surface area contributed by atoms with Gasteiger partial charge in [-0.2, -0.15) is 8.61 Å². The highest BCUT2D eigenvalue weighted by Gasteiger charge is 2.64. The van der Waals surface area contributed by atoms with Gasteiger partial charge in [0.2, 0.25) is 20.0 Å². The molecule has 3 fully saturated rings. The fourth-order valence-electron chi connectivity index (χ4n) is 9.93. The molecule has 4 N–H and O–H groups in total. The van der Waals surface area contributed by atoms with Crippen molar-refractivity contribution < 1.29 is 74.0 Å². The Hall–Kier alpha value is -4.41. The average Bonchev–Trinajstić information content (AvgIpc) is 1.58. The lowest BCUT2D eigenvalue weighted by Crippen LogP contribution is -2.52. The van der Waals surface area contributed by atoms with Gasteiger partial charge in [0.05, 0.1) is 67.7 Å². The van der Waals surface area contributed by atoms with Crippen LogP contribution in [-0.2, 0) is 70.3 Å². The summed E-state index contributed by atoms with van der Waals surface area (Å²) in [5, 5.41) is 28.1. The highest BCUT2D eigenvalue weighted by atomic mass is 79.9. The Kier molecular flexibility index (Phi) is 29.6. The van der Waals surface area contributed by atoms with E-state index < -0.39 is 100 Å². The zero-order valence-corrected chi connectivity index (χ0v) is 64.7. The molecule has 0 spiro atoms. The van der Waals surface area contributed by atoms with Crippen molar-refractivity contribution in [2.75, 3.05) is 26.2 Å². The van der Waals surface area contributed by atoms with Crippen LogP contribution in [-0.4, -0.2) is 164 Å². The van der Waals surface area contributed by atoms with Gasteiger partial charge in [-0.05, 0) is 202 Å². The van der Waals surface area contributed by atoms with Gasteiger partial charge in [0.25, 0.3) is 0 Å².